The predicted octanol–water partition coefficient (Wildman–Crippen LogP) is 2.24. The molecule has 3 rings (SSSR count). The van der Waals surface area contributed by atoms with Gasteiger partial charge in [0.1, 0.15) is 11.2 Å². The van der Waals surface area contributed by atoms with Gasteiger partial charge in [-0.25, -0.2) is 22.5 Å². The Morgan fingerprint density at radius 1 is 1.05 bits per heavy atom. The molecule has 3 aromatic rings. The molecule has 0 unspecified atom stereocenters. The van der Waals surface area contributed by atoms with Crippen molar-refractivity contribution in [2.45, 2.75) is 0 Å². The Labute approximate surface area is 114 Å². The summed E-state index contributed by atoms with van der Waals surface area (Å²) in [5.41, 5.74) is 4.70. The van der Waals surface area contributed by atoms with Crippen LogP contribution in [0.4, 0.5) is 35.0 Å². The van der Waals surface area contributed by atoms with Gasteiger partial charge in [-0.3, -0.25) is 0 Å². The van der Waals surface area contributed by atoms with E-state index in [0.29, 0.717) is 0 Å². The van der Waals surface area contributed by atoms with Crippen molar-refractivity contribution in [2.24, 2.45) is 0 Å². The normalized spacial score (nSPS) is 11.0. The van der Waals surface area contributed by atoms with E-state index in [1.807, 2.05) is 0 Å². The third kappa shape index (κ3) is 2.10. The van der Waals surface area contributed by atoms with Crippen molar-refractivity contribution in [1.82, 2.24) is 19.9 Å². The van der Waals surface area contributed by atoms with Crippen molar-refractivity contribution in [1.29, 1.82) is 0 Å². The lowest BCUT2D eigenvalue weighted by atomic mass is 10.2. The number of hydrogen-bond donors (Lipinski definition) is 3. The number of anilines is 3. The molecule has 2 aromatic heterocycles. The van der Waals surface area contributed by atoms with Crippen LogP contribution < -0.4 is 11.1 Å². The number of nitrogens with one attached hydrogen (secondary N) is 2. The summed E-state index contributed by atoms with van der Waals surface area (Å²) in [5, 5.41) is 2.16. The zero-order valence-corrected chi connectivity index (χ0v) is 10.1. The van der Waals surface area contributed by atoms with E-state index in [2.05, 4.69) is 25.3 Å². The molecule has 0 saturated heterocycles. The number of aromatic amines is 1. The van der Waals surface area contributed by atoms with E-state index < -0.39 is 29.0 Å². The largest absolute Gasteiger partial charge is 0.368 e. The predicted molar refractivity (Wildman–Crippen MR) is 65.7 cm³/mol. The van der Waals surface area contributed by atoms with Gasteiger partial charge in [-0.15, -0.1) is 0 Å². The average molecular weight is 298 g/mol. The van der Waals surface area contributed by atoms with E-state index in [1.165, 1.54) is 6.33 Å². The number of aromatic nitrogens is 4. The number of hydrogen-bond acceptors (Lipinski definition) is 5. The molecule has 0 saturated carbocycles. The lowest BCUT2D eigenvalue weighted by molar-refractivity contribution is 0.459. The molecule has 21 heavy (non-hydrogen) atoms. The fourth-order valence-corrected chi connectivity index (χ4v) is 1.74. The summed E-state index contributed by atoms with van der Waals surface area (Å²) >= 11 is 0. The van der Waals surface area contributed by atoms with E-state index in [9.17, 15) is 17.6 Å². The van der Waals surface area contributed by atoms with Gasteiger partial charge in [0.2, 0.25) is 5.95 Å². The topological polar surface area (TPSA) is 92.5 Å². The summed E-state index contributed by atoms with van der Waals surface area (Å²) in [7, 11) is 0. The first-order chi connectivity index (χ1) is 9.97. The monoisotopic (exact) mass is 298 g/mol. The lowest BCUT2D eigenvalue weighted by Crippen LogP contribution is -2.06. The minimum absolute atomic E-state index is 0.107. The Balaban J connectivity index is 2.17. The standard InChI is InChI=1S/C11H6F4N6/c12-3-1-4(13)6(15)7(5(3)14)19-10-8-9(18-2-17-8)20-11(16)21-10/h1-2H,(H4,16,17,18,19,20,21). The van der Waals surface area contributed by atoms with E-state index in [1.54, 1.807) is 0 Å². The van der Waals surface area contributed by atoms with Crippen molar-refractivity contribution in [3.8, 4) is 0 Å². The first-order valence-electron chi connectivity index (χ1n) is 5.54. The number of fused-ring (bicyclic) bond motifs is 1. The molecule has 0 aliphatic rings. The molecule has 2 heterocycles. The number of nitrogens with two attached hydrogens (primary N) is 1. The molecule has 0 radical (unpaired) electrons. The van der Waals surface area contributed by atoms with E-state index in [4.69, 9.17) is 5.73 Å². The van der Waals surface area contributed by atoms with Crippen LogP contribution in [0, 0.1) is 23.3 Å². The first-order valence-corrected chi connectivity index (χ1v) is 5.54. The second-order valence-corrected chi connectivity index (χ2v) is 4.00. The zero-order valence-electron chi connectivity index (χ0n) is 10.1. The fourth-order valence-electron chi connectivity index (χ4n) is 1.74. The molecular weight excluding hydrogens is 292 g/mol. The molecule has 1 aromatic carbocycles. The van der Waals surface area contributed by atoms with Crippen LogP contribution in [0.3, 0.4) is 0 Å². The Hall–Kier alpha value is -2.91. The number of nitrogen functional groups attached to an aromatic ring is 1. The number of halogens is 4. The smallest absolute Gasteiger partial charge is 0.224 e. The summed E-state index contributed by atoms with van der Waals surface area (Å²) < 4.78 is 53.5. The highest BCUT2D eigenvalue weighted by molar-refractivity contribution is 5.85. The third-order valence-corrected chi connectivity index (χ3v) is 2.66. The Kier molecular flexibility index (Phi) is 2.85. The molecule has 0 bridgehead atoms. The van der Waals surface area contributed by atoms with Gasteiger partial charge in [0, 0.05) is 6.07 Å². The van der Waals surface area contributed by atoms with Crippen molar-refractivity contribution < 1.29 is 17.6 Å². The number of rotatable bonds is 2. The summed E-state index contributed by atoms with van der Waals surface area (Å²) in [5.74, 6) is -6.65. The van der Waals surface area contributed by atoms with Gasteiger partial charge in [0.15, 0.2) is 34.7 Å². The molecule has 4 N–H and O–H groups in total. The SMILES string of the molecule is Nc1nc(Nc2c(F)c(F)cc(F)c2F)c2[nH]cnc2n1. The second-order valence-electron chi connectivity index (χ2n) is 4.00. The minimum Gasteiger partial charge on any atom is -0.368 e. The van der Waals surface area contributed by atoms with Crippen molar-refractivity contribution in [3.63, 3.8) is 0 Å². The van der Waals surface area contributed by atoms with Gasteiger partial charge < -0.3 is 16.0 Å². The number of nitrogens with zero attached hydrogens (tertiary/aromatic N) is 3. The molecule has 0 amide bonds. The summed E-state index contributed by atoms with van der Waals surface area (Å²) in [6, 6.07) is 0.107. The van der Waals surface area contributed by atoms with Crippen molar-refractivity contribution >= 4 is 28.6 Å². The van der Waals surface area contributed by atoms with Crippen LogP contribution in [0.15, 0.2) is 12.4 Å². The number of imidazole rings is 1. The van der Waals surface area contributed by atoms with Gasteiger partial charge in [0.05, 0.1) is 6.33 Å². The maximum Gasteiger partial charge on any atom is 0.224 e. The summed E-state index contributed by atoms with van der Waals surface area (Å²) in [6.07, 6.45) is 1.25. The molecule has 10 heteroatoms. The van der Waals surface area contributed by atoms with Crippen LogP contribution >= 0.6 is 0 Å². The van der Waals surface area contributed by atoms with Gasteiger partial charge in [-0.05, 0) is 0 Å². The van der Waals surface area contributed by atoms with E-state index in [0.717, 1.165) is 0 Å². The third-order valence-electron chi connectivity index (χ3n) is 2.66. The molecule has 0 fully saturated rings. The van der Waals surface area contributed by atoms with Crippen LogP contribution in [-0.2, 0) is 0 Å². The number of benzene rings is 1. The Morgan fingerprint density at radius 3 is 2.38 bits per heavy atom. The zero-order chi connectivity index (χ0) is 15.1. The van der Waals surface area contributed by atoms with Crippen LogP contribution in [0.1, 0.15) is 0 Å². The molecule has 6 nitrogen and oxygen atoms in total. The minimum atomic E-state index is -1.58. The molecule has 0 atom stereocenters. The Morgan fingerprint density at radius 2 is 1.71 bits per heavy atom. The molecular formula is C11H6F4N6. The van der Waals surface area contributed by atoms with E-state index in [-0.39, 0.29) is 29.0 Å². The second kappa shape index (κ2) is 4.58. The van der Waals surface area contributed by atoms with Crippen LogP contribution in [0.5, 0.6) is 0 Å². The van der Waals surface area contributed by atoms with Crippen LogP contribution in [-0.4, -0.2) is 19.9 Å². The quantitative estimate of drug-likeness (QED) is 0.498. The lowest BCUT2D eigenvalue weighted by Gasteiger charge is -2.10. The summed E-state index contributed by atoms with van der Waals surface area (Å²) in [6.45, 7) is 0. The molecule has 0 aliphatic carbocycles. The van der Waals surface area contributed by atoms with Gasteiger partial charge in [-0.2, -0.15) is 9.97 Å². The maximum atomic E-state index is 13.6. The van der Waals surface area contributed by atoms with Crippen LogP contribution in [0.25, 0.3) is 11.2 Å². The average Bonchev–Trinajstić information content (AvgIpc) is 2.89. The first kappa shape index (κ1) is 13.1. The fraction of sp³-hybridized carbons (Fsp3) is 0. The molecule has 108 valence electrons. The summed E-state index contributed by atoms with van der Waals surface area (Å²) in [4.78, 5) is 13.9. The highest BCUT2D eigenvalue weighted by atomic mass is 19.2. The highest BCUT2D eigenvalue weighted by Crippen LogP contribution is 2.29. The van der Waals surface area contributed by atoms with Gasteiger partial charge in [-0.1, -0.05) is 0 Å². The molecule has 0 aliphatic heterocycles. The number of H-pyrrole nitrogens is 1. The maximum absolute atomic E-state index is 13.6. The highest BCUT2D eigenvalue weighted by Gasteiger charge is 2.21. The van der Waals surface area contributed by atoms with Crippen molar-refractivity contribution in [2.75, 3.05) is 11.1 Å². The van der Waals surface area contributed by atoms with Crippen molar-refractivity contribution in [3.05, 3.63) is 35.7 Å². The van der Waals surface area contributed by atoms with Gasteiger partial charge >= 0.3 is 0 Å². The van der Waals surface area contributed by atoms with Gasteiger partial charge in [0.25, 0.3) is 0 Å². The molecule has 0 spiro atoms. The van der Waals surface area contributed by atoms with E-state index >= 15 is 0 Å². The Bertz CT molecular complexity index is 820. The van der Waals surface area contributed by atoms with Crippen LogP contribution in [0.2, 0.25) is 0 Å².